The zero-order valence-electron chi connectivity index (χ0n) is 23.2. The molecule has 0 aromatic rings. The monoisotopic (exact) mass is 483 g/mol. The molecule has 0 bridgehead atoms. The number of hydrogen-bond donors (Lipinski definition) is 2. The highest BCUT2D eigenvalue weighted by atomic mass is 28.4. The van der Waals surface area contributed by atoms with Gasteiger partial charge in [0.2, 0.25) is 5.91 Å². The molecule has 4 nitrogen and oxygen atoms in total. The zero-order valence-corrected chi connectivity index (χ0v) is 24.2. The summed E-state index contributed by atoms with van der Waals surface area (Å²) in [4.78, 5) is 12.2. The maximum atomic E-state index is 12.2. The van der Waals surface area contributed by atoms with Crippen molar-refractivity contribution in [3.05, 3.63) is 12.2 Å². The number of hydrogen-bond acceptors (Lipinski definition) is 3. The minimum atomic E-state index is -2.04. The Hall–Kier alpha value is -0.653. The van der Waals surface area contributed by atoms with Crippen LogP contribution in [0.2, 0.25) is 18.1 Å². The third-order valence-electron chi connectivity index (χ3n) is 6.95. The fourth-order valence-corrected chi connectivity index (χ4v) is 4.94. The molecule has 0 spiro atoms. The summed E-state index contributed by atoms with van der Waals surface area (Å²) in [5.41, 5.74) is 0. The number of nitrogens with one attached hydrogen (secondary N) is 1. The maximum absolute atomic E-state index is 12.2. The lowest BCUT2D eigenvalue weighted by atomic mass is 10.0. The summed E-state index contributed by atoms with van der Waals surface area (Å²) in [7, 11) is -2.04. The van der Waals surface area contributed by atoms with Gasteiger partial charge in [-0.3, -0.25) is 4.79 Å². The maximum Gasteiger partial charge on any atom is 0.220 e. The predicted molar refractivity (Wildman–Crippen MR) is 146 cm³/mol. The molecule has 0 aromatic heterocycles. The van der Waals surface area contributed by atoms with E-state index in [1.54, 1.807) is 0 Å². The van der Waals surface area contributed by atoms with Gasteiger partial charge in [0, 0.05) is 6.42 Å². The van der Waals surface area contributed by atoms with E-state index in [-0.39, 0.29) is 23.7 Å². The van der Waals surface area contributed by atoms with Crippen LogP contribution in [0, 0.1) is 0 Å². The molecule has 0 saturated heterocycles. The Morgan fingerprint density at radius 1 is 0.909 bits per heavy atom. The van der Waals surface area contributed by atoms with Gasteiger partial charge in [-0.2, -0.15) is 0 Å². The number of carbonyl (C=O) groups excluding carboxylic acids is 1. The highest BCUT2D eigenvalue weighted by Gasteiger charge is 2.40. The number of allylic oxidation sites excluding steroid dienone is 1. The van der Waals surface area contributed by atoms with Crippen LogP contribution in [0.25, 0.3) is 0 Å². The molecule has 5 heteroatoms. The van der Waals surface area contributed by atoms with E-state index in [1.807, 2.05) is 6.92 Å². The van der Waals surface area contributed by atoms with Gasteiger partial charge in [-0.1, -0.05) is 111 Å². The van der Waals surface area contributed by atoms with Crippen molar-refractivity contribution in [2.24, 2.45) is 0 Å². The van der Waals surface area contributed by atoms with E-state index in [2.05, 4.69) is 58.3 Å². The Morgan fingerprint density at radius 3 is 1.88 bits per heavy atom. The van der Waals surface area contributed by atoms with Gasteiger partial charge in [0.05, 0.1) is 18.8 Å². The lowest BCUT2D eigenvalue weighted by Gasteiger charge is -2.40. The first kappa shape index (κ1) is 32.3. The van der Waals surface area contributed by atoms with E-state index in [1.165, 1.54) is 70.6 Å². The fraction of sp³-hybridized carbons (Fsp3) is 0.893. The largest absolute Gasteiger partial charge is 0.408 e. The van der Waals surface area contributed by atoms with Crippen LogP contribution in [0.15, 0.2) is 12.2 Å². The standard InChI is InChI=1S/C28H57NO3Si/c1-8-10-11-12-13-14-15-16-17-18-19-20-21-23-26(32-33(6,7)28(3,4)5)25(24-30)29-27(31)22-9-2/h21,23,25-26,30H,8-20,22,24H2,1-7H3,(H,29,31)/b23-21+/t25-,26+/m0/s1. The molecule has 0 rings (SSSR count). The number of amides is 1. The lowest BCUT2D eigenvalue weighted by molar-refractivity contribution is -0.122. The Balaban J connectivity index is 4.54. The Morgan fingerprint density at radius 2 is 1.42 bits per heavy atom. The molecule has 0 fully saturated rings. The number of carbonyl (C=O) groups is 1. The third kappa shape index (κ3) is 15.8. The number of aliphatic hydroxyl groups excluding tert-OH is 1. The van der Waals surface area contributed by atoms with Crippen LogP contribution in [0.5, 0.6) is 0 Å². The van der Waals surface area contributed by atoms with Crippen molar-refractivity contribution in [2.75, 3.05) is 6.61 Å². The predicted octanol–water partition coefficient (Wildman–Crippen LogP) is 7.91. The second-order valence-electron chi connectivity index (χ2n) is 11.2. The topological polar surface area (TPSA) is 58.6 Å². The third-order valence-corrected chi connectivity index (χ3v) is 11.4. The zero-order chi connectivity index (χ0) is 25.2. The van der Waals surface area contributed by atoms with Gasteiger partial charge in [-0.15, -0.1) is 0 Å². The molecule has 0 radical (unpaired) electrons. The van der Waals surface area contributed by atoms with Crippen molar-refractivity contribution in [3.8, 4) is 0 Å². The Bertz CT molecular complexity index is 514. The van der Waals surface area contributed by atoms with Gasteiger partial charge < -0.3 is 14.8 Å². The second kappa shape index (κ2) is 18.6. The minimum absolute atomic E-state index is 0.0147. The Kier molecular flexibility index (Phi) is 18.3. The van der Waals surface area contributed by atoms with Crippen LogP contribution in [0.1, 0.15) is 125 Å². The molecule has 0 aliphatic rings. The fourth-order valence-electron chi connectivity index (χ4n) is 3.67. The molecule has 0 saturated carbocycles. The smallest absolute Gasteiger partial charge is 0.220 e. The van der Waals surface area contributed by atoms with Gasteiger partial charge in [0.25, 0.3) is 0 Å². The van der Waals surface area contributed by atoms with Crippen LogP contribution in [0.3, 0.4) is 0 Å². The summed E-state index contributed by atoms with van der Waals surface area (Å²) in [5, 5.41) is 13.1. The normalized spacial score (nSPS) is 14.5. The highest BCUT2D eigenvalue weighted by molar-refractivity contribution is 6.74. The van der Waals surface area contributed by atoms with Crippen molar-refractivity contribution in [1.29, 1.82) is 0 Å². The summed E-state index contributed by atoms with van der Waals surface area (Å²) in [6, 6.07) is -0.397. The first-order chi connectivity index (χ1) is 15.6. The summed E-state index contributed by atoms with van der Waals surface area (Å²) in [5.74, 6) is -0.0147. The SMILES string of the molecule is CCCCCCCCCCCCC/C=C/[C@@H](O[Si](C)(C)C(C)(C)C)[C@H](CO)NC(=O)CCC. The van der Waals surface area contributed by atoms with Gasteiger partial charge >= 0.3 is 0 Å². The van der Waals surface area contributed by atoms with Crippen molar-refractivity contribution in [3.63, 3.8) is 0 Å². The van der Waals surface area contributed by atoms with E-state index in [9.17, 15) is 9.90 Å². The molecule has 2 atom stereocenters. The van der Waals surface area contributed by atoms with Gasteiger partial charge in [-0.25, -0.2) is 0 Å². The molecule has 2 N–H and O–H groups in total. The molecule has 0 aromatic carbocycles. The summed E-state index contributed by atoms with van der Waals surface area (Å²) >= 11 is 0. The van der Waals surface area contributed by atoms with E-state index in [4.69, 9.17) is 4.43 Å². The minimum Gasteiger partial charge on any atom is -0.408 e. The number of rotatable bonds is 20. The molecular formula is C28H57NO3Si. The quantitative estimate of drug-likeness (QED) is 0.105. The molecule has 1 amide bonds. The van der Waals surface area contributed by atoms with Gasteiger partial charge in [0.1, 0.15) is 0 Å². The van der Waals surface area contributed by atoms with E-state index in [0.29, 0.717) is 6.42 Å². The summed E-state index contributed by atoms with van der Waals surface area (Å²) in [6.07, 6.45) is 21.1. The van der Waals surface area contributed by atoms with E-state index in [0.717, 1.165) is 12.8 Å². The van der Waals surface area contributed by atoms with Crippen molar-refractivity contribution >= 4 is 14.2 Å². The molecule has 33 heavy (non-hydrogen) atoms. The van der Waals surface area contributed by atoms with E-state index >= 15 is 0 Å². The second-order valence-corrected chi connectivity index (χ2v) is 16.0. The molecular weight excluding hydrogens is 426 g/mol. The molecule has 0 heterocycles. The van der Waals surface area contributed by atoms with Crippen LogP contribution in [-0.2, 0) is 9.22 Å². The Labute approximate surface area is 207 Å². The molecule has 0 aliphatic carbocycles. The van der Waals surface area contributed by atoms with Crippen LogP contribution < -0.4 is 5.32 Å². The van der Waals surface area contributed by atoms with Gasteiger partial charge in [0.15, 0.2) is 8.32 Å². The molecule has 0 unspecified atom stereocenters. The van der Waals surface area contributed by atoms with Crippen molar-refractivity contribution in [1.82, 2.24) is 5.32 Å². The molecule has 0 aliphatic heterocycles. The average Bonchev–Trinajstić information content (AvgIpc) is 2.73. The van der Waals surface area contributed by atoms with E-state index < -0.39 is 14.4 Å². The first-order valence-corrected chi connectivity index (χ1v) is 16.7. The summed E-state index contributed by atoms with van der Waals surface area (Å²) < 4.78 is 6.62. The van der Waals surface area contributed by atoms with Crippen molar-refractivity contribution in [2.45, 2.75) is 155 Å². The molecule has 196 valence electrons. The lowest BCUT2D eigenvalue weighted by Crippen LogP contribution is -2.52. The highest BCUT2D eigenvalue weighted by Crippen LogP contribution is 2.37. The van der Waals surface area contributed by atoms with Crippen molar-refractivity contribution < 1.29 is 14.3 Å². The number of unbranched alkanes of at least 4 members (excludes halogenated alkanes) is 11. The van der Waals surface area contributed by atoms with Gasteiger partial charge in [-0.05, 0) is 37.4 Å². The van der Waals surface area contributed by atoms with Crippen LogP contribution in [0.4, 0.5) is 0 Å². The number of aliphatic hydroxyl groups is 1. The first-order valence-electron chi connectivity index (χ1n) is 13.8. The van der Waals surface area contributed by atoms with Crippen LogP contribution in [-0.4, -0.2) is 38.1 Å². The summed E-state index contributed by atoms with van der Waals surface area (Å²) in [6.45, 7) is 15.2. The van der Waals surface area contributed by atoms with Crippen LogP contribution >= 0.6 is 0 Å². The average molecular weight is 484 g/mol.